The number of unbranched alkanes of at least 4 members (excludes halogenated alkanes) is 1. The molecule has 4 N–H and O–H groups in total. The third-order valence-electron chi connectivity index (χ3n) is 9.54. The molecule has 0 aliphatic carbocycles. The summed E-state index contributed by atoms with van der Waals surface area (Å²) in [4.78, 5) is 58.9. The summed E-state index contributed by atoms with van der Waals surface area (Å²) in [7, 11) is 0. The molecule has 4 aromatic heterocycles. The van der Waals surface area contributed by atoms with Crippen LogP contribution >= 0.6 is 11.8 Å². The minimum absolute atomic E-state index is 0. The zero-order chi connectivity index (χ0) is 38.2. The molecule has 4 atom stereocenters. The number of pyridine rings is 4. The van der Waals surface area contributed by atoms with E-state index in [-0.39, 0.29) is 75.4 Å². The molecule has 6 rings (SSSR count). The van der Waals surface area contributed by atoms with Crippen molar-refractivity contribution < 1.29 is 58.4 Å². The molecule has 4 amide bonds. The molecule has 2 saturated heterocycles. The molecule has 14 nitrogen and oxygen atoms in total. The van der Waals surface area contributed by atoms with Gasteiger partial charge in [-0.05, 0) is 74.5 Å². The summed E-state index contributed by atoms with van der Waals surface area (Å²) in [6.07, 6.45) is 8.93. The number of carbonyl (C=O) groups excluding carboxylic acids is 3. The molecular weight excluding hydrogens is 847 g/mol. The van der Waals surface area contributed by atoms with E-state index in [0.717, 1.165) is 47.8 Å². The molecule has 17 heteroatoms. The van der Waals surface area contributed by atoms with E-state index >= 15 is 0 Å². The van der Waals surface area contributed by atoms with Crippen molar-refractivity contribution in [3.63, 3.8) is 0 Å². The first kappa shape index (κ1) is 46.0. The maximum Gasteiger partial charge on any atom is 2.00 e. The largest absolute Gasteiger partial charge is 2.00 e. The van der Waals surface area contributed by atoms with Gasteiger partial charge >= 0.3 is 45.0 Å². The number of rotatable bonds is 21. The molecule has 0 spiro atoms. The molecular formula is C40H49N10O4SZn2+3. The maximum atomic E-state index is 13.7. The summed E-state index contributed by atoms with van der Waals surface area (Å²) in [5.41, 5.74) is 3.74. The zero-order valence-electron chi connectivity index (χ0n) is 32.3. The average molecular weight is 897 g/mol. The smallest absolute Gasteiger partial charge is 0.850 e. The van der Waals surface area contributed by atoms with Crippen LogP contribution in [0.3, 0.4) is 0 Å². The molecule has 57 heavy (non-hydrogen) atoms. The van der Waals surface area contributed by atoms with Gasteiger partial charge in [-0.2, -0.15) is 11.8 Å². The van der Waals surface area contributed by atoms with Crippen LogP contribution < -0.4 is 26.4 Å². The van der Waals surface area contributed by atoms with Gasteiger partial charge in [0.05, 0.1) is 40.4 Å². The third kappa shape index (κ3) is 15.2. The van der Waals surface area contributed by atoms with Crippen LogP contribution in [-0.2, 0) is 69.9 Å². The van der Waals surface area contributed by atoms with E-state index in [9.17, 15) is 19.5 Å². The molecule has 290 valence electrons. The molecule has 0 aromatic carbocycles. The number of carbonyl (C=O) groups is 3. The average Bonchev–Trinajstić information content (AvgIpc) is 3.75. The summed E-state index contributed by atoms with van der Waals surface area (Å²) >= 11 is 1.88. The Morgan fingerprint density at radius 3 is 1.84 bits per heavy atom. The number of urea groups is 1. The van der Waals surface area contributed by atoms with Crippen LogP contribution in [0.1, 0.15) is 58.8 Å². The van der Waals surface area contributed by atoms with Gasteiger partial charge in [0.2, 0.25) is 5.91 Å². The van der Waals surface area contributed by atoms with Crippen molar-refractivity contribution >= 4 is 29.6 Å². The van der Waals surface area contributed by atoms with E-state index in [1.807, 2.05) is 71.3 Å². The van der Waals surface area contributed by atoms with Gasteiger partial charge in [-0.25, -0.2) is 4.79 Å². The fraction of sp³-hybridized carbons (Fsp3) is 0.425. The van der Waals surface area contributed by atoms with Gasteiger partial charge in [0.25, 0.3) is 5.91 Å². The monoisotopic (exact) mass is 893 g/mol. The van der Waals surface area contributed by atoms with Crippen LogP contribution in [0.4, 0.5) is 4.79 Å². The van der Waals surface area contributed by atoms with Crippen molar-refractivity contribution in [2.24, 2.45) is 0 Å². The van der Waals surface area contributed by atoms with Gasteiger partial charge in [-0.1, -0.05) is 24.6 Å². The summed E-state index contributed by atoms with van der Waals surface area (Å²) < 4.78 is 0. The van der Waals surface area contributed by atoms with Gasteiger partial charge in [0.15, 0.2) is 0 Å². The van der Waals surface area contributed by atoms with Crippen molar-refractivity contribution in [1.82, 2.24) is 51.0 Å². The van der Waals surface area contributed by atoms with E-state index < -0.39 is 6.10 Å². The Hall–Kier alpha value is -3.71. The Balaban J connectivity index is 0.00000360. The summed E-state index contributed by atoms with van der Waals surface area (Å²) in [5.74, 6) is 0.606. The van der Waals surface area contributed by atoms with Crippen LogP contribution in [0.5, 0.6) is 0 Å². The normalized spacial score (nSPS) is 17.5. The SMILES string of the molecule is O=C(CCCC[C@@H]1SC[C@@H]2NC(=O)N[C@@H]21)NCCNC(=O)c1ccc(CN(Cc2ccccn2)CC([O-])CN(Cc2ccccn2)Cc2ccccn2)nc1.[Zn+2].[Zn+2]. The number of nitrogens with zero attached hydrogens (tertiary/aromatic N) is 6. The van der Waals surface area contributed by atoms with Crippen LogP contribution in [0, 0.1) is 0 Å². The second kappa shape index (κ2) is 24.3. The molecule has 2 aliphatic heterocycles. The Labute approximate surface area is 364 Å². The Morgan fingerprint density at radius 1 is 0.754 bits per heavy atom. The standard InChI is InChI=1S/C40H49N10O4S.2Zn/c51-34(26-49(22-30-9-3-6-16-41-30)23-31-10-4-7-17-42-31)27-50(24-32-11-5-8-18-43-32)25-33-15-14-29(21-46-33)39(53)45-20-19-44-37(52)13-2-1-12-36-38-35(28-55-36)47-40(54)48-38;;/h3-11,14-18,21,34-36,38H,1-2,12-13,19-20,22-28H2,(H,44,52)(H,45,53)(H2,47,48,54);;/q-1;2*+2/t34?,35-,36-,38-;;/m0../s1. The number of fused-ring (bicyclic) bond motifs is 1. The van der Waals surface area contributed by atoms with Crippen LogP contribution in [0.2, 0.25) is 0 Å². The van der Waals surface area contributed by atoms with Crippen LogP contribution in [0.25, 0.3) is 0 Å². The quantitative estimate of drug-likeness (QED) is 0.0548. The zero-order valence-corrected chi connectivity index (χ0v) is 39.1. The predicted octanol–water partition coefficient (Wildman–Crippen LogP) is 2.27. The van der Waals surface area contributed by atoms with Crippen LogP contribution in [0.15, 0.2) is 91.5 Å². The summed E-state index contributed by atoms with van der Waals surface area (Å²) in [6.45, 7) is 3.08. The van der Waals surface area contributed by atoms with E-state index in [1.54, 1.807) is 30.7 Å². The first-order chi connectivity index (χ1) is 26.9. The van der Waals surface area contributed by atoms with Crippen molar-refractivity contribution in [3.8, 4) is 0 Å². The first-order valence-electron chi connectivity index (χ1n) is 18.9. The molecule has 4 aromatic rings. The van der Waals surface area contributed by atoms with Crippen molar-refractivity contribution in [2.75, 3.05) is 31.9 Å². The maximum absolute atomic E-state index is 13.7. The van der Waals surface area contributed by atoms with Crippen molar-refractivity contribution in [1.29, 1.82) is 0 Å². The van der Waals surface area contributed by atoms with Crippen molar-refractivity contribution in [2.45, 2.75) is 75.3 Å². The minimum atomic E-state index is -0.944. The molecule has 0 radical (unpaired) electrons. The molecule has 1 unspecified atom stereocenters. The number of hydrogen-bond acceptors (Lipinski definition) is 11. The van der Waals surface area contributed by atoms with E-state index in [2.05, 4.69) is 46.1 Å². The predicted molar refractivity (Wildman–Crippen MR) is 208 cm³/mol. The third-order valence-corrected chi connectivity index (χ3v) is 11.1. The molecule has 2 aliphatic rings. The van der Waals surface area contributed by atoms with E-state index in [0.29, 0.717) is 63.0 Å². The Morgan fingerprint density at radius 2 is 1.32 bits per heavy atom. The van der Waals surface area contributed by atoms with Gasteiger partial charge in [0.1, 0.15) is 0 Å². The fourth-order valence-electron chi connectivity index (χ4n) is 6.89. The number of amides is 4. The van der Waals surface area contributed by atoms with E-state index in [1.165, 1.54) is 6.20 Å². The Bertz CT molecular complexity index is 1760. The number of thioether (sulfide) groups is 1. The number of hydrogen-bond donors (Lipinski definition) is 4. The first-order valence-corrected chi connectivity index (χ1v) is 19.9. The summed E-state index contributed by atoms with van der Waals surface area (Å²) in [5, 5.41) is 25.8. The molecule has 6 heterocycles. The van der Waals surface area contributed by atoms with Gasteiger partial charge in [0, 0.05) is 81.5 Å². The van der Waals surface area contributed by atoms with Gasteiger partial charge < -0.3 is 26.4 Å². The summed E-state index contributed by atoms with van der Waals surface area (Å²) in [6, 6.07) is 21.1. The molecule has 0 bridgehead atoms. The second-order valence-corrected chi connectivity index (χ2v) is 15.2. The minimum Gasteiger partial charge on any atom is -0.850 e. The number of nitrogens with one attached hydrogen (secondary N) is 4. The number of aromatic nitrogens is 4. The van der Waals surface area contributed by atoms with Crippen molar-refractivity contribution in [3.05, 3.63) is 120 Å². The van der Waals surface area contributed by atoms with Gasteiger partial charge in [-0.3, -0.25) is 39.3 Å². The Kier molecular flexibility index (Phi) is 19.6. The second-order valence-electron chi connectivity index (χ2n) is 13.9. The molecule has 0 saturated carbocycles. The van der Waals surface area contributed by atoms with Crippen LogP contribution in [-0.4, -0.2) is 103 Å². The van der Waals surface area contributed by atoms with Gasteiger partial charge in [-0.15, -0.1) is 6.10 Å². The molecule has 2 fully saturated rings. The topological polar surface area (TPSA) is 180 Å². The van der Waals surface area contributed by atoms with E-state index in [4.69, 9.17) is 0 Å². The fourth-order valence-corrected chi connectivity index (χ4v) is 8.43.